The van der Waals surface area contributed by atoms with Crippen molar-refractivity contribution in [1.29, 1.82) is 0 Å². The van der Waals surface area contributed by atoms with Crippen molar-refractivity contribution in [3.05, 3.63) is 28.2 Å². The minimum atomic E-state index is -3.64. The zero-order chi connectivity index (χ0) is 15.5. The summed E-state index contributed by atoms with van der Waals surface area (Å²) in [6.45, 7) is 4.07. The Bertz CT molecular complexity index is 587. The van der Waals surface area contributed by atoms with Crippen LogP contribution in [0.4, 0.5) is 0 Å². The molecule has 0 amide bonds. The van der Waals surface area contributed by atoms with E-state index in [1.165, 1.54) is 12.1 Å². The molecule has 0 bridgehead atoms. The molecule has 1 aromatic carbocycles. The van der Waals surface area contributed by atoms with Crippen LogP contribution in [-0.2, 0) is 10.0 Å². The van der Waals surface area contributed by atoms with Crippen molar-refractivity contribution in [2.45, 2.75) is 37.1 Å². The van der Waals surface area contributed by atoms with E-state index < -0.39 is 10.0 Å². The summed E-state index contributed by atoms with van der Waals surface area (Å²) in [7, 11) is -3.64. The lowest BCUT2D eigenvalue weighted by Crippen LogP contribution is -2.48. The number of nitrogens with zero attached hydrogens (tertiary/aromatic N) is 1. The lowest BCUT2D eigenvalue weighted by Gasteiger charge is -2.33. The Morgan fingerprint density at radius 2 is 2.14 bits per heavy atom. The Labute approximate surface area is 136 Å². The van der Waals surface area contributed by atoms with E-state index in [1.54, 1.807) is 10.4 Å². The molecule has 0 spiro atoms. The number of sulfonamides is 1. The Hall–Kier alpha value is -0.330. The van der Waals surface area contributed by atoms with E-state index in [0.717, 1.165) is 25.8 Å². The molecule has 21 heavy (non-hydrogen) atoms. The fourth-order valence-corrected chi connectivity index (χ4v) is 5.09. The quantitative estimate of drug-likeness (QED) is 0.887. The molecule has 7 heteroatoms. The molecule has 1 heterocycles. The van der Waals surface area contributed by atoms with Gasteiger partial charge in [-0.2, -0.15) is 4.31 Å². The van der Waals surface area contributed by atoms with Crippen LogP contribution in [0.2, 0.25) is 10.0 Å². The Morgan fingerprint density at radius 3 is 2.76 bits per heavy atom. The van der Waals surface area contributed by atoms with Crippen LogP contribution in [0.1, 0.15) is 26.2 Å². The number of nitrogens with one attached hydrogen (secondary N) is 1. The molecular weight excluding hydrogens is 331 g/mol. The van der Waals surface area contributed by atoms with Crippen LogP contribution < -0.4 is 5.32 Å². The monoisotopic (exact) mass is 350 g/mol. The normalized spacial score (nSPS) is 19.9. The van der Waals surface area contributed by atoms with Gasteiger partial charge in [0, 0.05) is 24.2 Å². The number of piperidine rings is 1. The number of halogens is 2. The molecule has 1 atom stereocenters. The van der Waals surface area contributed by atoms with E-state index in [-0.39, 0.29) is 16.0 Å². The van der Waals surface area contributed by atoms with Gasteiger partial charge < -0.3 is 5.32 Å². The summed E-state index contributed by atoms with van der Waals surface area (Å²) in [5, 5.41) is 3.84. The third-order valence-corrected chi connectivity index (χ3v) is 6.27. The Morgan fingerprint density at radius 1 is 1.38 bits per heavy atom. The molecule has 4 nitrogen and oxygen atoms in total. The van der Waals surface area contributed by atoms with E-state index in [2.05, 4.69) is 5.32 Å². The first-order valence-corrected chi connectivity index (χ1v) is 9.34. The van der Waals surface area contributed by atoms with Gasteiger partial charge in [-0.15, -0.1) is 0 Å². The molecule has 2 rings (SSSR count). The second-order valence-electron chi connectivity index (χ2n) is 5.19. The van der Waals surface area contributed by atoms with Gasteiger partial charge in [0.05, 0.1) is 5.02 Å². The van der Waals surface area contributed by atoms with E-state index in [0.29, 0.717) is 18.1 Å². The number of hydrogen-bond acceptors (Lipinski definition) is 3. The predicted octanol–water partition coefficient (Wildman–Crippen LogP) is 3.15. The maximum Gasteiger partial charge on any atom is 0.244 e. The van der Waals surface area contributed by atoms with Gasteiger partial charge >= 0.3 is 0 Å². The highest BCUT2D eigenvalue weighted by molar-refractivity contribution is 7.89. The second-order valence-corrected chi connectivity index (χ2v) is 7.89. The van der Waals surface area contributed by atoms with Crippen LogP contribution in [0.15, 0.2) is 23.1 Å². The zero-order valence-corrected chi connectivity index (χ0v) is 14.3. The van der Waals surface area contributed by atoms with Crippen LogP contribution in [0, 0.1) is 0 Å². The maximum atomic E-state index is 12.9. The van der Waals surface area contributed by atoms with Crippen molar-refractivity contribution in [2.75, 3.05) is 19.6 Å². The first-order chi connectivity index (χ1) is 9.96. The van der Waals surface area contributed by atoms with Gasteiger partial charge in [-0.1, -0.05) is 30.1 Å². The molecule has 0 aromatic heterocycles. The van der Waals surface area contributed by atoms with Crippen molar-refractivity contribution in [2.24, 2.45) is 0 Å². The first kappa shape index (κ1) is 17.0. The van der Waals surface area contributed by atoms with Gasteiger partial charge in [-0.3, -0.25) is 0 Å². The molecule has 1 fully saturated rings. The van der Waals surface area contributed by atoms with Crippen LogP contribution >= 0.6 is 23.2 Å². The van der Waals surface area contributed by atoms with Gasteiger partial charge in [0.1, 0.15) is 4.90 Å². The van der Waals surface area contributed by atoms with Gasteiger partial charge in [0.2, 0.25) is 10.0 Å². The summed E-state index contributed by atoms with van der Waals surface area (Å²) in [5.41, 5.74) is 0. The zero-order valence-electron chi connectivity index (χ0n) is 12.0. The van der Waals surface area contributed by atoms with Gasteiger partial charge in [0.25, 0.3) is 0 Å². The summed E-state index contributed by atoms with van der Waals surface area (Å²) in [4.78, 5) is 0.0932. The maximum absolute atomic E-state index is 12.9. The summed E-state index contributed by atoms with van der Waals surface area (Å²) in [5.74, 6) is 0. The fraction of sp³-hybridized carbons (Fsp3) is 0.571. The minimum Gasteiger partial charge on any atom is -0.315 e. The molecule has 1 saturated heterocycles. The summed E-state index contributed by atoms with van der Waals surface area (Å²) in [6.07, 6.45) is 2.60. The molecule has 0 radical (unpaired) electrons. The van der Waals surface area contributed by atoms with E-state index in [1.807, 2.05) is 6.92 Å². The fourth-order valence-electron chi connectivity index (χ4n) is 2.60. The molecule has 0 saturated carbocycles. The molecule has 1 unspecified atom stereocenters. The third-order valence-electron chi connectivity index (χ3n) is 3.60. The van der Waals surface area contributed by atoms with Gasteiger partial charge in [-0.25, -0.2) is 8.42 Å². The van der Waals surface area contributed by atoms with Crippen molar-refractivity contribution < 1.29 is 8.42 Å². The summed E-state index contributed by atoms with van der Waals surface area (Å²) in [6, 6.07) is 4.52. The molecular formula is C14H20Cl2N2O2S. The smallest absolute Gasteiger partial charge is 0.244 e. The van der Waals surface area contributed by atoms with Gasteiger partial charge in [-0.05, 0) is 44.0 Å². The summed E-state index contributed by atoms with van der Waals surface area (Å²) < 4.78 is 27.5. The Kier molecular flexibility index (Phi) is 5.91. The first-order valence-electron chi connectivity index (χ1n) is 7.14. The highest BCUT2D eigenvalue weighted by Gasteiger charge is 2.33. The average Bonchev–Trinajstić information content (AvgIpc) is 2.48. The van der Waals surface area contributed by atoms with Crippen molar-refractivity contribution in [1.82, 2.24) is 9.62 Å². The SMILES string of the molecule is CCCN(C1CCCNC1)S(=O)(=O)c1cc(Cl)ccc1Cl. The lowest BCUT2D eigenvalue weighted by atomic mass is 10.1. The van der Waals surface area contributed by atoms with Crippen molar-refractivity contribution >= 4 is 33.2 Å². The topological polar surface area (TPSA) is 49.4 Å². The van der Waals surface area contributed by atoms with Crippen LogP contribution in [-0.4, -0.2) is 38.4 Å². The Balaban J connectivity index is 2.39. The van der Waals surface area contributed by atoms with Crippen LogP contribution in [0.3, 0.4) is 0 Å². The van der Waals surface area contributed by atoms with Gasteiger partial charge in [0.15, 0.2) is 0 Å². The van der Waals surface area contributed by atoms with Crippen molar-refractivity contribution in [3.8, 4) is 0 Å². The number of hydrogen-bond donors (Lipinski definition) is 1. The summed E-state index contributed by atoms with van der Waals surface area (Å²) >= 11 is 12.0. The predicted molar refractivity (Wildman–Crippen MR) is 86.5 cm³/mol. The minimum absolute atomic E-state index is 0.0289. The van der Waals surface area contributed by atoms with Crippen molar-refractivity contribution in [3.63, 3.8) is 0 Å². The lowest BCUT2D eigenvalue weighted by molar-refractivity contribution is 0.266. The van der Waals surface area contributed by atoms with Crippen LogP contribution in [0.5, 0.6) is 0 Å². The van der Waals surface area contributed by atoms with Crippen LogP contribution in [0.25, 0.3) is 0 Å². The third kappa shape index (κ3) is 3.90. The van der Waals surface area contributed by atoms with E-state index >= 15 is 0 Å². The molecule has 1 aromatic rings. The number of rotatable bonds is 5. The molecule has 1 aliphatic rings. The standard InChI is InChI=1S/C14H20Cl2N2O2S/c1-2-8-18(12-4-3-7-17-10-12)21(19,20)14-9-11(15)5-6-13(14)16/h5-6,9,12,17H,2-4,7-8,10H2,1H3. The number of benzene rings is 1. The highest BCUT2D eigenvalue weighted by Crippen LogP contribution is 2.29. The highest BCUT2D eigenvalue weighted by atomic mass is 35.5. The molecule has 1 aliphatic heterocycles. The molecule has 118 valence electrons. The molecule has 1 N–H and O–H groups in total. The van der Waals surface area contributed by atoms with E-state index in [4.69, 9.17) is 23.2 Å². The average molecular weight is 351 g/mol. The largest absolute Gasteiger partial charge is 0.315 e. The van der Waals surface area contributed by atoms with E-state index in [9.17, 15) is 8.42 Å². The molecule has 0 aliphatic carbocycles. The second kappa shape index (κ2) is 7.29.